The minimum absolute atomic E-state index is 0.0563. The molecule has 2 aromatic carbocycles. The predicted octanol–water partition coefficient (Wildman–Crippen LogP) is 3.39. The first-order valence-electron chi connectivity index (χ1n) is 9.37. The zero-order valence-electron chi connectivity index (χ0n) is 16.3. The quantitative estimate of drug-likeness (QED) is 0.633. The fourth-order valence-corrected chi connectivity index (χ4v) is 4.14. The van der Waals surface area contributed by atoms with E-state index in [0.717, 1.165) is 16.9 Å². The number of phosphoric ester groups is 1. The fourth-order valence-electron chi connectivity index (χ4n) is 2.84. The maximum absolute atomic E-state index is 12.9. The largest absolute Gasteiger partial charge is 0.524 e. The molecule has 1 fully saturated rings. The van der Waals surface area contributed by atoms with Gasteiger partial charge in [-0.25, -0.2) is 4.57 Å². The van der Waals surface area contributed by atoms with Gasteiger partial charge in [0.1, 0.15) is 11.5 Å². The highest BCUT2D eigenvalue weighted by atomic mass is 32.2. The predicted molar refractivity (Wildman–Crippen MR) is 120 cm³/mol. The summed E-state index contributed by atoms with van der Waals surface area (Å²) in [5.74, 6) is 1.45. The molecule has 3 rings (SSSR count). The molecule has 0 spiro atoms. The number of hydrogen-bond donors (Lipinski definition) is 2. The van der Waals surface area contributed by atoms with Crippen LogP contribution in [-0.2, 0) is 15.9 Å². The summed E-state index contributed by atoms with van der Waals surface area (Å²) in [4.78, 5) is 36.8. The van der Waals surface area contributed by atoms with E-state index >= 15 is 0 Å². The standard InChI is InChI=1S/C21H23N2O5PS/c24-21-20(22-15-18-8-10-19(11-9-18)28-29(25,26)27)16-30-14-13-23(21)12-4-7-17-5-2-1-3-6-17/h1-11H,12-16H2,(H2,25,26,27). The molecule has 0 aliphatic carbocycles. The van der Waals surface area contributed by atoms with Crippen LogP contribution in [0.15, 0.2) is 65.7 Å². The van der Waals surface area contributed by atoms with E-state index in [1.165, 1.54) is 12.1 Å². The number of carbonyl (C=O) groups excluding carboxylic acids is 1. The molecule has 158 valence electrons. The molecule has 9 heteroatoms. The van der Waals surface area contributed by atoms with E-state index < -0.39 is 7.82 Å². The van der Waals surface area contributed by atoms with E-state index in [9.17, 15) is 9.36 Å². The zero-order valence-corrected chi connectivity index (χ0v) is 18.0. The Morgan fingerprint density at radius 1 is 1.13 bits per heavy atom. The number of nitrogens with zero attached hydrogens (tertiary/aromatic N) is 2. The summed E-state index contributed by atoms with van der Waals surface area (Å²) < 4.78 is 15.4. The number of amides is 1. The number of carbonyl (C=O) groups is 1. The first-order chi connectivity index (χ1) is 14.4. The van der Waals surface area contributed by atoms with Crippen LogP contribution in [0, 0.1) is 0 Å². The molecular weight excluding hydrogens is 423 g/mol. The van der Waals surface area contributed by atoms with Crippen molar-refractivity contribution in [1.29, 1.82) is 0 Å². The molecule has 0 radical (unpaired) electrons. The number of thioether (sulfide) groups is 1. The minimum atomic E-state index is -4.58. The van der Waals surface area contributed by atoms with Gasteiger partial charge in [-0.05, 0) is 23.3 Å². The molecule has 1 amide bonds. The highest BCUT2D eigenvalue weighted by Gasteiger charge is 2.22. The number of phosphoric acid groups is 1. The SMILES string of the molecule is O=C1C(=NCc2ccc(OP(=O)(O)O)cc2)CSCCN1CC=Cc1ccccc1. The highest BCUT2D eigenvalue weighted by molar-refractivity contribution is 8.00. The number of aliphatic imine (C=N–C) groups is 1. The monoisotopic (exact) mass is 446 g/mol. The van der Waals surface area contributed by atoms with E-state index in [0.29, 0.717) is 31.1 Å². The van der Waals surface area contributed by atoms with Gasteiger partial charge < -0.3 is 9.42 Å². The summed E-state index contributed by atoms with van der Waals surface area (Å²) in [6.07, 6.45) is 3.99. The Bertz CT molecular complexity index is 957. The van der Waals surface area contributed by atoms with Crippen LogP contribution in [-0.4, -0.2) is 50.9 Å². The van der Waals surface area contributed by atoms with Crippen molar-refractivity contribution in [3.63, 3.8) is 0 Å². The smallest absolute Gasteiger partial charge is 0.404 e. The second kappa shape index (κ2) is 10.6. The van der Waals surface area contributed by atoms with Crippen LogP contribution in [0.1, 0.15) is 11.1 Å². The van der Waals surface area contributed by atoms with Crippen LogP contribution >= 0.6 is 19.6 Å². The van der Waals surface area contributed by atoms with E-state index in [1.807, 2.05) is 42.5 Å². The Balaban J connectivity index is 1.61. The van der Waals surface area contributed by atoms with Gasteiger partial charge in [0.15, 0.2) is 0 Å². The maximum Gasteiger partial charge on any atom is 0.524 e. The van der Waals surface area contributed by atoms with E-state index in [4.69, 9.17) is 9.79 Å². The molecular formula is C21H23N2O5PS. The van der Waals surface area contributed by atoms with E-state index in [1.54, 1.807) is 28.8 Å². The molecule has 0 bridgehead atoms. The van der Waals surface area contributed by atoms with Gasteiger partial charge in [-0.1, -0.05) is 54.6 Å². The Hall–Kier alpha value is -2.38. The first-order valence-corrected chi connectivity index (χ1v) is 12.1. The average molecular weight is 446 g/mol. The van der Waals surface area contributed by atoms with Gasteiger partial charge in [0.05, 0.1) is 6.54 Å². The van der Waals surface area contributed by atoms with Crippen molar-refractivity contribution in [3.8, 4) is 5.75 Å². The first kappa shape index (κ1) is 22.3. The second-order valence-corrected chi connectivity index (χ2v) is 8.87. The van der Waals surface area contributed by atoms with Gasteiger partial charge in [-0.3, -0.25) is 19.6 Å². The van der Waals surface area contributed by atoms with Crippen LogP contribution < -0.4 is 4.52 Å². The van der Waals surface area contributed by atoms with Crippen LogP contribution in [0.25, 0.3) is 6.08 Å². The molecule has 2 N–H and O–H groups in total. The summed E-state index contributed by atoms with van der Waals surface area (Å²) in [6, 6.07) is 16.2. The molecule has 1 aliphatic heterocycles. The molecule has 0 atom stereocenters. The second-order valence-electron chi connectivity index (χ2n) is 6.61. The normalized spacial score (nSPS) is 16.8. The zero-order chi connectivity index (χ0) is 21.4. The maximum atomic E-state index is 12.9. The number of benzene rings is 2. The van der Waals surface area contributed by atoms with Gasteiger partial charge in [-0.15, -0.1) is 0 Å². The Kier molecular flexibility index (Phi) is 7.87. The number of hydrogen-bond acceptors (Lipinski definition) is 5. The lowest BCUT2D eigenvalue weighted by molar-refractivity contribution is -0.123. The number of rotatable bonds is 7. The van der Waals surface area contributed by atoms with Crippen molar-refractivity contribution in [2.45, 2.75) is 6.54 Å². The van der Waals surface area contributed by atoms with Crippen LogP contribution in [0.4, 0.5) is 0 Å². The van der Waals surface area contributed by atoms with Crippen LogP contribution in [0.5, 0.6) is 5.75 Å². The van der Waals surface area contributed by atoms with Gasteiger partial charge in [0, 0.05) is 24.6 Å². The molecule has 1 heterocycles. The lowest BCUT2D eigenvalue weighted by Crippen LogP contribution is -2.37. The van der Waals surface area contributed by atoms with Crippen molar-refractivity contribution >= 4 is 37.3 Å². The summed E-state index contributed by atoms with van der Waals surface area (Å²) in [7, 11) is -4.58. The van der Waals surface area contributed by atoms with E-state index in [-0.39, 0.29) is 11.7 Å². The third-order valence-electron chi connectivity index (χ3n) is 4.31. The summed E-state index contributed by atoms with van der Waals surface area (Å²) in [5.41, 5.74) is 2.44. The average Bonchev–Trinajstić information content (AvgIpc) is 2.89. The Morgan fingerprint density at radius 2 is 1.87 bits per heavy atom. The van der Waals surface area contributed by atoms with Crippen molar-refractivity contribution in [3.05, 3.63) is 71.8 Å². The summed E-state index contributed by atoms with van der Waals surface area (Å²) >= 11 is 1.68. The van der Waals surface area contributed by atoms with Gasteiger partial charge >= 0.3 is 7.82 Å². The summed E-state index contributed by atoms with van der Waals surface area (Å²) in [5, 5.41) is 0. The van der Waals surface area contributed by atoms with Gasteiger partial charge in [0.25, 0.3) is 5.91 Å². The van der Waals surface area contributed by atoms with Crippen molar-refractivity contribution in [2.75, 3.05) is 24.6 Å². The van der Waals surface area contributed by atoms with E-state index in [2.05, 4.69) is 9.52 Å². The lowest BCUT2D eigenvalue weighted by atomic mass is 10.2. The van der Waals surface area contributed by atoms with Crippen LogP contribution in [0.2, 0.25) is 0 Å². The molecule has 1 saturated heterocycles. The van der Waals surface area contributed by atoms with Crippen molar-refractivity contribution in [1.82, 2.24) is 4.90 Å². The minimum Gasteiger partial charge on any atom is -0.404 e. The highest BCUT2D eigenvalue weighted by Crippen LogP contribution is 2.37. The topological polar surface area (TPSA) is 99.4 Å². The van der Waals surface area contributed by atoms with Crippen molar-refractivity contribution < 1.29 is 23.7 Å². The van der Waals surface area contributed by atoms with Gasteiger partial charge in [0.2, 0.25) is 0 Å². The molecule has 0 saturated carbocycles. The molecule has 0 unspecified atom stereocenters. The van der Waals surface area contributed by atoms with Crippen molar-refractivity contribution in [2.24, 2.45) is 4.99 Å². The molecule has 30 heavy (non-hydrogen) atoms. The van der Waals surface area contributed by atoms with Gasteiger partial charge in [-0.2, -0.15) is 11.8 Å². The third-order valence-corrected chi connectivity index (χ3v) is 5.71. The summed E-state index contributed by atoms with van der Waals surface area (Å²) in [6.45, 7) is 1.52. The fraction of sp³-hybridized carbons (Fsp3) is 0.238. The molecule has 2 aromatic rings. The van der Waals surface area contributed by atoms with Crippen LogP contribution in [0.3, 0.4) is 0 Å². The Morgan fingerprint density at radius 3 is 2.57 bits per heavy atom. The molecule has 0 aromatic heterocycles. The third kappa shape index (κ3) is 7.15. The molecule has 7 nitrogen and oxygen atoms in total. The Labute approximate surface area is 179 Å². The molecule has 1 aliphatic rings. The lowest BCUT2D eigenvalue weighted by Gasteiger charge is -2.18.